The molecule has 0 aromatic carbocycles. The number of carbonyl (C=O) groups is 1. The Labute approximate surface area is 113 Å². The number of halogens is 1. The summed E-state index contributed by atoms with van der Waals surface area (Å²) < 4.78 is 6.95. The Bertz CT molecular complexity index is 190. The van der Waals surface area contributed by atoms with E-state index in [4.69, 9.17) is 4.74 Å². The van der Waals surface area contributed by atoms with E-state index in [2.05, 4.69) is 32.7 Å². The summed E-state index contributed by atoms with van der Waals surface area (Å²) in [7, 11) is 0. The van der Waals surface area contributed by atoms with Crippen LogP contribution < -0.4 is 0 Å². The maximum atomic E-state index is 11.0. The molecule has 0 unspecified atom stereocenters. The number of ether oxygens (including phenoxy) is 1. The topological polar surface area (TPSA) is 26.3 Å². The van der Waals surface area contributed by atoms with Gasteiger partial charge in [0.1, 0.15) is 0 Å². The van der Waals surface area contributed by atoms with Gasteiger partial charge in [0.25, 0.3) is 0 Å². The number of rotatable bonds is 10. The number of hydrogen-bond acceptors (Lipinski definition) is 2. The molecule has 0 N–H and O–H groups in total. The molecule has 0 saturated carbocycles. The molecule has 2 nitrogen and oxygen atoms in total. The maximum absolute atomic E-state index is 11.0. The van der Waals surface area contributed by atoms with Crippen molar-refractivity contribution in [3.05, 3.63) is 10.2 Å². The Hall–Kier alpha value is -0.0600. The smallest absolute Gasteiger partial charge is 0.305 e. The van der Waals surface area contributed by atoms with E-state index in [9.17, 15) is 4.79 Å². The van der Waals surface area contributed by atoms with Crippen LogP contribution in [0.3, 0.4) is 0 Å². The summed E-state index contributed by atoms with van der Waals surface area (Å²) in [6.07, 6.45) is 11.3. The van der Waals surface area contributed by atoms with Crippen molar-refractivity contribution in [1.82, 2.24) is 0 Å². The Kier molecular flexibility index (Phi) is 13.0. The van der Waals surface area contributed by atoms with E-state index >= 15 is 0 Å². The average molecular weight is 338 g/mol. The van der Waals surface area contributed by atoms with Gasteiger partial charge >= 0.3 is 5.97 Å². The molecule has 0 radical (unpaired) electrons. The minimum Gasteiger partial charge on any atom is -0.466 e. The average Bonchev–Trinajstić information content (AvgIpc) is 2.27. The molecule has 16 heavy (non-hydrogen) atoms. The maximum Gasteiger partial charge on any atom is 0.305 e. The fourth-order valence-electron chi connectivity index (χ4n) is 1.53. The molecule has 0 fully saturated rings. The van der Waals surface area contributed by atoms with Gasteiger partial charge in [-0.3, -0.25) is 4.79 Å². The van der Waals surface area contributed by atoms with Crippen molar-refractivity contribution in [2.45, 2.75) is 58.3 Å². The quantitative estimate of drug-likeness (QED) is 0.330. The van der Waals surface area contributed by atoms with Crippen molar-refractivity contribution >= 4 is 28.6 Å². The molecule has 0 bridgehead atoms. The van der Waals surface area contributed by atoms with Gasteiger partial charge in [-0.1, -0.05) is 54.4 Å². The molecule has 0 atom stereocenters. The van der Waals surface area contributed by atoms with Crippen molar-refractivity contribution in [3.8, 4) is 0 Å². The molecule has 3 heteroatoms. The molecule has 94 valence electrons. The van der Waals surface area contributed by atoms with Gasteiger partial charge < -0.3 is 4.74 Å². The van der Waals surface area contributed by atoms with E-state index in [0.717, 1.165) is 12.8 Å². The monoisotopic (exact) mass is 338 g/mol. The van der Waals surface area contributed by atoms with E-state index in [1.807, 2.05) is 6.92 Å². The first-order chi connectivity index (χ1) is 7.81. The van der Waals surface area contributed by atoms with Gasteiger partial charge in [-0.25, -0.2) is 0 Å². The first-order valence-electron chi connectivity index (χ1n) is 6.22. The van der Waals surface area contributed by atoms with Crippen LogP contribution in [-0.2, 0) is 9.53 Å². The summed E-state index contributed by atoms with van der Waals surface area (Å²) in [6, 6.07) is 0. The Morgan fingerprint density at radius 2 is 1.75 bits per heavy atom. The molecule has 0 aliphatic carbocycles. The number of carbonyl (C=O) groups excluding carboxylic acids is 1. The highest BCUT2D eigenvalue weighted by Crippen LogP contribution is 2.09. The minimum atomic E-state index is -0.0466. The zero-order valence-corrected chi connectivity index (χ0v) is 12.4. The molecule has 0 heterocycles. The fourth-order valence-corrected chi connectivity index (χ4v) is 1.89. The molecule has 0 saturated heterocycles. The van der Waals surface area contributed by atoms with E-state index in [0.29, 0.717) is 13.0 Å². The second kappa shape index (κ2) is 13.0. The van der Waals surface area contributed by atoms with Gasteiger partial charge in [-0.05, 0) is 30.3 Å². The predicted molar refractivity (Wildman–Crippen MR) is 76.7 cm³/mol. The van der Waals surface area contributed by atoms with Crippen molar-refractivity contribution in [2.75, 3.05) is 6.61 Å². The number of hydrogen-bond donors (Lipinski definition) is 0. The van der Waals surface area contributed by atoms with E-state index in [1.165, 1.54) is 32.1 Å². The Balaban J connectivity index is 3.06. The molecule has 0 aromatic heterocycles. The molecule has 0 amide bonds. The molecule has 0 rings (SSSR count). The summed E-state index contributed by atoms with van der Waals surface area (Å²) in [5.74, 6) is -0.0466. The van der Waals surface area contributed by atoms with Gasteiger partial charge in [-0.15, -0.1) is 0 Å². The van der Waals surface area contributed by atoms with Crippen LogP contribution in [0.1, 0.15) is 58.3 Å². The van der Waals surface area contributed by atoms with Gasteiger partial charge in [0.2, 0.25) is 0 Å². The van der Waals surface area contributed by atoms with Crippen LogP contribution in [0.15, 0.2) is 10.2 Å². The Morgan fingerprint density at radius 1 is 1.12 bits per heavy atom. The normalized spacial score (nSPS) is 10.9. The molecule has 0 aliphatic rings. The highest BCUT2D eigenvalue weighted by atomic mass is 127. The summed E-state index contributed by atoms with van der Waals surface area (Å²) in [6.45, 7) is 2.35. The SMILES string of the molecule is CCOC(=O)CCCCCCCC/C=C/I. The first kappa shape index (κ1) is 15.9. The van der Waals surface area contributed by atoms with Crippen molar-refractivity contribution in [1.29, 1.82) is 0 Å². The van der Waals surface area contributed by atoms with Gasteiger partial charge in [-0.2, -0.15) is 0 Å². The van der Waals surface area contributed by atoms with Crippen LogP contribution in [0.4, 0.5) is 0 Å². The van der Waals surface area contributed by atoms with Crippen molar-refractivity contribution in [3.63, 3.8) is 0 Å². The van der Waals surface area contributed by atoms with Crippen LogP contribution in [0.2, 0.25) is 0 Å². The van der Waals surface area contributed by atoms with Crippen LogP contribution in [0, 0.1) is 0 Å². The van der Waals surface area contributed by atoms with Gasteiger partial charge in [0.05, 0.1) is 6.61 Å². The molecular weight excluding hydrogens is 315 g/mol. The van der Waals surface area contributed by atoms with E-state index in [-0.39, 0.29) is 5.97 Å². The van der Waals surface area contributed by atoms with E-state index < -0.39 is 0 Å². The predicted octanol–water partition coefficient (Wildman–Crippen LogP) is 4.62. The first-order valence-corrected chi connectivity index (χ1v) is 7.46. The van der Waals surface area contributed by atoms with Crippen molar-refractivity contribution in [2.24, 2.45) is 0 Å². The lowest BCUT2D eigenvalue weighted by Gasteiger charge is -2.02. The lowest BCUT2D eigenvalue weighted by atomic mass is 10.1. The molecular formula is C13H23IO2. The van der Waals surface area contributed by atoms with Gasteiger partial charge in [0, 0.05) is 6.42 Å². The number of allylic oxidation sites excluding steroid dienone is 1. The second-order valence-corrected chi connectivity index (χ2v) is 4.55. The second-order valence-electron chi connectivity index (χ2n) is 3.83. The third-order valence-corrected chi connectivity index (χ3v) is 2.90. The van der Waals surface area contributed by atoms with Crippen LogP contribution in [-0.4, -0.2) is 12.6 Å². The number of esters is 1. The summed E-state index contributed by atoms with van der Waals surface area (Å²) in [4.78, 5) is 11.0. The lowest BCUT2D eigenvalue weighted by Crippen LogP contribution is -2.03. The fraction of sp³-hybridized carbons (Fsp3) is 0.769. The van der Waals surface area contributed by atoms with Crippen LogP contribution in [0.25, 0.3) is 0 Å². The van der Waals surface area contributed by atoms with Gasteiger partial charge in [0.15, 0.2) is 0 Å². The third kappa shape index (κ3) is 12.0. The zero-order valence-electron chi connectivity index (χ0n) is 10.2. The van der Waals surface area contributed by atoms with E-state index in [1.54, 1.807) is 0 Å². The molecule has 0 aromatic rings. The highest BCUT2D eigenvalue weighted by Gasteiger charge is 2.00. The molecule has 0 spiro atoms. The minimum absolute atomic E-state index is 0.0466. The van der Waals surface area contributed by atoms with Crippen molar-refractivity contribution < 1.29 is 9.53 Å². The van der Waals surface area contributed by atoms with Crippen LogP contribution >= 0.6 is 22.6 Å². The zero-order chi connectivity index (χ0) is 12.1. The summed E-state index contributed by atoms with van der Waals surface area (Å²) in [5.41, 5.74) is 0. The van der Waals surface area contributed by atoms with Crippen LogP contribution in [0.5, 0.6) is 0 Å². The lowest BCUT2D eigenvalue weighted by molar-refractivity contribution is -0.143. The summed E-state index contributed by atoms with van der Waals surface area (Å²) >= 11 is 2.26. The largest absolute Gasteiger partial charge is 0.466 e. The Morgan fingerprint density at radius 3 is 2.38 bits per heavy atom. The third-order valence-electron chi connectivity index (χ3n) is 2.40. The highest BCUT2D eigenvalue weighted by molar-refractivity contribution is 14.1. The standard InChI is InChI=1S/C13H23IO2/c1-2-16-13(15)11-9-7-5-3-4-6-8-10-12-14/h10,12H,2-9,11H2,1H3/b12-10+. The summed E-state index contributed by atoms with van der Waals surface area (Å²) in [5, 5.41) is 0. The number of unbranched alkanes of at least 4 members (excludes halogenated alkanes) is 6. The molecule has 0 aliphatic heterocycles.